The van der Waals surface area contributed by atoms with Crippen molar-refractivity contribution >= 4 is 33.3 Å². The molecule has 2 N–H and O–H groups in total. The first kappa shape index (κ1) is 14.8. The first-order valence-corrected chi connectivity index (χ1v) is 7.41. The van der Waals surface area contributed by atoms with Crippen LogP contribution in [0.25, 0.3) is 0 Å². The molecule has 0 saturated carbocycles. The van der Waals surface area contributed by atoms with Gasteiger partial charge in [-0.2, -0.15) is 0 Å². The van der Waals surface area contributed by atoms with E-state index in [1.165, 1.54) is 11.1 Å². The Kier molecular flexibility index (Phi) is 4.60. The van der Waals surface area contributed by atoms with Crippen molar-refractivity contribution in [1.82, 2.24) is 9.97 Å². The lowest BCUT2D eigenvalue weighted by atomic mass is 10.1. The van der Waals surface area contributed by atoms with Crippen LogP contribution in [0, 0.1) is 13.8 Å². The Morgan fingerprint density at radius 1 is 1.10 bits per heavy atom. The van der Waals surface area contributed by atoms with Crippen LogP contribution >= 0.6 is 15.9 Å². The number of rotatable bonds is 4. The molecule has 0 saturated heterocycles. The summed E-state index contributed by atoms with van der Waals surface area (Å²) < 4.78 is 1.09. The third-order valence-electron chi connectivity index (χ3n) is 3.28. The van der Waals surface area contributed by atoms with Crippen molar-refractivity contribution < 1.29 is 0 Å². The molecule has 0 aliphatic rings. The second-order valence-electron chi connectivity index (χ2n) is 4.69. The van der Waals surface area contributed by atoms with Gasteiger partial charge in [0.1, 0.15) is 18.0 Å². The van der Waals surface area contributed by atoms with E-state index in [-0.39, 0.29) is 0 Å². The van der Waals surface area contributed by atoms with Gasteiger partial charge in [-0.3, -0.25) is 0 Å². The number of aryl methyl sites for hydroxylation is 2. The molecule has 0 radical (unpaired) electrons. The SMILES string of the molecule is CCc1c(NC)ncnc1Nc1c(C)cc(Br)cc1C. The normalized spacial score (nSPS) is 10.4. The maximum Gasteiger partial charge on any atom is 0.139 e. The predicted molar refractivity (Wildman–Crippen MR) is 87.9 cm³/mol. The van der Waals surface area contributed by atoms with Crippen LogP contribution in [0.3, 0.4) is 0 Å². The van der Waals surface area contributed by atoms with Gasteiger partial charge in [-0.25, -0.2) is 9.97 Å². The van der Waals surface area contributed by atoms with Gasteiger partial charge < -0.3 is 10.6 Å². The molecule has 4 nitrogen and oxygen atoms in total. The zero-order valence-electron chi connectivity index (χ0n) is 12.2. The molecule has 106 valence electrons. The molecule has 2 aromatic rings. The molecule has 0 atom stereocenters. The van der Waals surface area contributed by atoms with Crippen LogP contribution in [0.2, 0.25) is 0 Å². The van der Waals surface area contributed by atoms with E-state index in [1.54, 1.807) is 6.33 Å². The van der Waals surface area contributed by atoms with E-state index in [9.17, 15) is 0 Å². The van der Waals surface area contributed by atoms with Gasteiger partial charge in [-0.05, 0) is 43.5 Å². The summed E-state index contributed by atoms with van der Waals surface area (Å²) in [5, 5.41) is 6.56. The third kappa shape index (κ3) is 2.93. The summed E-state index contributed by atoms with van der Waals surface area (Å²) in [5.41, 5.74) is 4.56. The van der Waals surface area contributed by atoms with Crippen molar-refractivity contribution in [2.75, 3.05) is 17.7 Å². The topological polar surface area (TPSA) is 49.8 Å². The van der Waals surface area contributed by atoms with E-state index in [2.05, 4.69) is 69.4 Å². The molecule has 0 aliphatic heterocycles. The van der Waals surface area contributed by atoms with Crippen LogP contribution in [-0.4, -0.2) is 17.0 Å². The molecule has 0 fully saturated rings. The fourth-order valence-corrected chi connectivity index (χ4v) is 2.98. The quantitative estimate of drug-likeness (QED) is 0.879. The highest BCUT2D eigenvalue weighted by Gasteiger charge is 2.11. The second kappa shape index (κ2) is 6.22. The molecular weight excluding hydrogens is 316 g/mol. The van der Waals surface area contributed by atoms with E-state index < -0.39 is 0 Å². The Labute approximate surface area is 128 Å². The smallest absolute Gasteiger partial charge is 0.139 e. The Bertz CT molecular complexity index is 602. The minimum Gasteiger partial charge on any atom is -0.373 e. The van der Waals surface area contributed by atoms with Crippen molar-refractivity contribution in [3.63, 3.8) is 0 Å². The number of halogens is 1. The van der Waals surface area contributed by atoms with E-state index in [4.69, 9.17) is 0 Å². The summed E-state index contributed by atoms with van der Waals surface area (Å²) in [5.74, 6) is 1.73. The number of nitrogens with zero attached hydrogens (tertiary/aromatic N) is 2. The molecule has 0 spiro atoms. The van der Waals surface area contributed by atoms with Gasteiger partial charge in [-0.15, -0.1) is 0 Å². The minimum atomic E-state index is 0.861. The summed E-state index contributed by atoms with van der Waals surface area (Å²) >= 11 is 3.52. The maximum absolute atomic E-state index is 4.38. The first-order chi connectivity index (χ1) is 9.56. The highest BCUT2D eigenvalue weighted by molar-refractivity contribution is 9.10. The van der Waals surface area contributed by atoms with E-state index in [0.717, 1.165) is 33.8 Å². The van der Waals surface area contributed by atoms with Gasteiger partial charge in [0.15, 0.2) is 0 Å². The first-order valence-electron chi connectivity index (χ1n) is 6.62. The van der Waals surface area contributed by atoms with E-state index in [1.807, 2.05) is 7.05 Å². The summed E-state index contributed by atoms with van der Waals surface area (Å²) in [6, 6.07) is 4.20. The molecular formula is C15H19BrN4. The molecule has 1 aromatic heterocycles. The molecule has 5 heteroatoms. The van der Waals surface area contributed by atoms with Gasteiger partial charge in [0.25, 0.3) is 0 Å². The standard InChI is InChI=1S/C15H19BrN4/c1-5-12-14(17-4)18-8-19-15(12)20-13-9(2)6-11(16)7-10(13)3/h6-8H,5H2,1-4H3,(H2,17,18,19,20). The van der Waals surface area contributed by atoms with Gasteiger partial charge in [0, 0.05) is 22.8 Å². The van der Waals surface area contributed by atoms with Crippen LogP contribution in [0.1, 0.15) is 23.6 Å². The number of benzene rings is 1. The average molecular weight is 335 g/mol. The Hall–Kier alpha value is -1.62. The minimum absolute atomic E-state index is 0.861. The molecule has 0 bridgehead atoms. The highest BCUT2D eigenvalue weighted by Crippen LogP contribution is 2.30. The lowest BCUT2D eigenvalue weighted by molar-refractivity contribution is 1.05. The lowest BCUT2D eigenvalue weighted by Gasteiger charge is -2.16. The zero-order chi connectivity index (χ0) is 14.7. The Morgan fingerprint density at radius 3 is 2.25 bits per heavy atom. The summed E-state index contributed by atoms with van der Waals surface area (Å²) in [7, 11) is 1.88. The van der Waals surface area contributed by atoms with Crippen LogP contribution in [0.15, 0.2) is 22.9 Å². The highest BCUT2D eigenvalue weighted by atomic mass is 79.9. The largest absolute Gasteiger partial charge is 0.373 e. The number of hydrogen-bond donors (Lipinski definition) is 2. The Morgan fingerprint density at radius 2 is 1.70 bits per heavy atom. The number of aromatic nitrogens is 2. The van der Waals surface area contributed by atoms with Crippen molar-refractivity contribution in [2.45, 2.75) is 27.2 Å². The average Bonchev–Trinajstić information content (AvgIpc) is 2.42. The Balaban J connectivity index is 2.45. The molecule has 0 amide bonds. The van der Waals surface area contributed by atoms with Crippen molar-refractivity contribution in [1.29, 1.82) is 0 Å². The fourth-order valence-electron chi connectivity index (χ4n) is 2.30. The summed E-state index contributed by atoms with van der Waals surface area (Å²) in [6.45, 7) is 6.28. The molecule has 1 aromatic carbocycles. The number of hydrogen-bond acceptors (Lipinski definition) is 4. The zero-order valence-corrected chi connectivity index (χ0v) is 13.8. The van der Waals surface area contributed by atoms with Crippen molar-refractivity contribution in [3.05, 3.63) is 39.6 Å². The van der Waals surface area contributed by atoms with E-state index >= 15 is 0 Å². The van der Waals surface area contributed by atoms with Crippen LogP contribution < -0.4 is 10.6 Å². The summed E-state index contributed by atoms with van der Waals surface area (Å²) in [6.07, 6.45) is 2.45. The number of anilines is 3. The third-order valence-corrected chi connectivity index (χ3v) is 3.73. The number of nitrogens with one attached hydrogen (secondary N) is 2. The van der Waals surface area contributed by atoms with Gasteiger partial charge in [-0.1, -0.05) is 22.9 Å². The molecule has 0 unspecified atom stereocenters. The second-order valence-corrected chi connectivity index (χ2v) is 5.61. The maximum atomic E-state index is 4.38. The monoisotopic (exact) mass is 334 g/mol. The molecule has 20 heavy (non-hydrogen) atoms. The van der Waals surface area contributed by atoms with Gasteiger partial charge >= 0.3 is 0 Å². The van der Waals surface area contributed by atoms with Crippen LogP contribution in [0.4, 0.5) is 17.3 Å². The van der Waals surface area contributed by atoms with Crippen LogP contribution in [-0.2, 0) is 6.42 Å². The predicted octanol–water partition coefficient (Wildman–Crippen LogP) is 4.20. The summed E-state index contributed by atoms with van der Waals surface area (Å²) in [4.78, 5) is 8.64. The van der Waals surface area contributed by atoms with Crippen molar-refractivity contribution in [2.24, 2.45) is 0 Å². The van der Waals surface area contributed by atoms with Crippen LogP contribution in [0.5, 0.6) is 0 Å². The molecule has 0 aliphatic carbocycles. The fraction of sp³-hybridized carbons (Fsp3) is 0.333. The van der Waals surface area contributed by atoms with Crippen molar-refractivity contribution in [3.8, 4) is 0 Å². The van der Waals surface area contributed by atoms with Gasteiger partial charge in [0.05, 0.1) is 0 Å². The van der Waals surface area contributed by atoms with Gasteiger partial charge in [0.2, 0.25) is 0 Å². The molecule has 2 rings (SSSR count). The van der Waals surface area contributed by atoms with E-state index in [0.29, 0.717) is 0 Å². The lowest BCUT2D eigenvalue weighted by Crippen LogP contribution is -2.06. The molecule has 1 heterocycles.